The fourth-order valence-electron chi connectivity index (χ4n) is 1.92. The topological polar surface area (TPSA) is 12.4 Å². The Morgan fingerprint density at radius 2 is 2.35 bits per heavy atom. The van der Waals surface area contributed by atoms with E-state index in [1.54, 1.807) is 0 Å². The van der Waals surface area contributed by atoms with Crippen LogP contribution in [-0.4, -0.2) is 16.8 Å². The molecule has 2 unspecified atom stereocenters. The second-order valence-corrected chi connectivity index (χ2v) is 6.32. The summed E-state index contributed by atoms with van der Waals surface area (Å²) in [5, 5.41) is 0.642. The highest BCUT2D eigenvalue weighted by Crippen LogP contribution is 2.26. The quantitative estimate of drug-likeness (QED) is 0.466. The summed E-state index contributed by atoms with van der Waals surface area (Å²) in [5.41, 5.74) is 3.46. The van der Waals surface area contributed by atoms with Crippen molar-refractivity contribution in [2.75, 3.05) is 0 Å². The first-order valence-corrected chi connectivity index (χ1v) is 8.51. The van der Waals surface area contributed by atoms with Crippen LogP contribution >= 0.6 is 34.4 Å². The molecule has 3 atom stereocenters. The Hall–Kier alpha value is 0.230. The van der Waals surface area contributed by atoms with Crippen molar-refractivity contribution in [3.8, 4) is 0 Å². The van der Waals surface area contributed by atoms with Gasteiger partial charge in [-0.05, 0) is 35.3 Å². The van der Waals surface area contributed by atoms with Gasteiger partial charge in [0.15, 0.2) is 0 Å². The third kappa shape index (κ3) is 5.16. The highest BCUT2D eigenvalue weighted by atomic mass is 127. The van der Waals surface area contributed by atoms with E-state index in [4.69, 9.17) is 0 Å². The number of aliphatic imine (C=N–C) groups is 1. The second-order valence-electron chi connectivity index (χ2n) is 4.61. The third-order valence-corrected chi connectivity index (χ3v) is 5.06. The van der Waals surface area contributed by atoms with Crippen molar-refractivity contribution in [1.82, 2.24) is 0 Å². The molecule has 0 N–H and O–H groups in total. The number of hydrogen-bond acceptors (Lipinski definition) is 2. The Balaban J connectivity index is 2.41. The lowest BCUT2D eigenvalue weighted by Gasteiger charge is -2.12. The van der Waals surface area contributed by atoms with Crippen molar-refractivity contribution in [3.63, 3.8) is 0 Å². The van der Waals surface area contributed by atoms with Gasteiger partial charge in [0.2, 0.25) is 0 Å². The fraction of sp³-hybridized carbons (Fsp3) is 0.643. The van der Waals surface area contributed by atoms with Crippen LogP contribution in [0, 0.1) is 5.92 Å². The van der Waals surface area contributed by atoms with Crippen molar-refractivity contribution in [1.29, 1.82) is 0 Å². The minimum Gasteiger partial charge on any atom is -0.282 e. The predicted octanol–water partition coefficient (Wildman–Crippen LogP) is 5.22. The molecule has 96 valence electrons. The van der Waals surface area contributed by atoms with Crippen LogP contribution in [0.25, 0.3) is 0 Å². The van der Waals surface area contributed by atoms with Gasteiger partial charge in [0, 0.05) is 5.25 Å². The molecular formula is C14H22INS. The molecule has 1 nitrogen and oxygen atoms in total. The highest BCUT2D eigenvalue weighted by molar-refractivity contribution is 14.1. The summed E-state index contributed by atoms with van der Waals surface area (Å²) in [7, 11) is 0. The van der Waals surface area contributed by atoms with Gasteiger partial charge in [-0.3, -0.25) is 4.99 Å². The zero-order valence-corrected chi connectivity index (χ0v) is 13.9. The maximum Gasteiger partial charge on any atom is 0.0603 e. The molecule has 1 heterocycles. The Labute approximate surface area is 123 Å². The first kappa shape index (κ1) is 15.3. The van der Waals surface area contributed by atoms with E-state index in [0.717, 1.165) is 6.42 Å². The minimum absolute atomic E-state index is 0.477. The summed E-state index contributed by atoms with van der Waals surface area (Å²) in [6.45, 7) is 6.76. The Bertz CT molecular complexity index is 309. The van der Waals surface area contributed by atoms with E-state index in [0.29, 0.717) is 17.2 Å². The number of thioether (sulfide) groups is 1. The van der Waals surface area contributed by atoms with Crippen molar-refractivity contribution < 1.29 is 0 Å². The molecule has 0 aromatic heterocycles. The SMILES string of the molecule is CCC[C@@H](C)C(/C=C\CC1SC=NC1C)=C/I. The van der Waals surface area contributed by atoms with Crippen molar-refractivity contribution in [2.45, 2.75) is 51.3 Å². The van der Waals surface area contributed by atoms with Gasteiger partial charge in [0.05, 0.1) is 11.6 Å². The lowest BCUT2D eigenvalue weighted by molar-refractivity contribution is 0.613. The van der Waals surface area contributed by atoms with E-state index in [2.05, 4.69) is 64.6 Å². The number of halogens is 1. The molecule has 0 radical (unpaired) electrons. The summed E-state index contributed by atoms with van der Waals surface area (Å²) in [5.74, 6) is 0.679. The molecule has 0 amide bonds. The summed E-state index contributed by atoms with van der Waals surface area (Å²) < 4.78 is 2.22. The summed E-state index contributed by atoms with van der Waals surface area (Å²) >= 11 is 4.22. The molecule has 0 spiro atoms. The molecule has 0 fully saturated rings. The first-order chi connectivity index (χ1) is 8.19. The van der Waals surface area contributed by atoms with Gasteiger partial charge in [-0.2, -0.15) is 0 Å². The lowest BCUT2D eigenvalue weighted by atomic mass is 9.97. The zero-order valence-electron chi connectivity index (χ0n) is 10.9. The lowest BCUT2D eigenvalue weighted by Crippen LogP contribution is -2.11. The van der Waals surface area contributed by atoms with Crippen LogP contribution in [0.3, 0.4) is 0 Å². The molecule has 0 saturated heterocycles. The van der Waals surface area contributed by atoms with Gasteiger partial charge in [-0.15, -0.1) is 11.8 Å². The zero-order chi connectivity index (χ0) is 12.7. The van der Waals surface area contributed by atoms with Crippen LogP contribution in [0.15, 0.2) is 26.8 Å². The summed E-state index contributed by atoms with van der Waals surface area (Å²) in [6, 6.07) is 0.477. The van der Waals surface area contributed by atoms with Gasteiger partial charge in [0.25, 0.3) is 0 Å². The molecule has 17 heavy (non-hydrogen) atoms. The standard InChI is InChI=1S/C14H22INS/c1-4-6-11(2)13(9-15)7-5-8-14-12(3)16-10-17-14/h5,7,9-12,14H,4,6,8H2,1-3H3/b7-5-,13-9+/t11-,12?,14?/m1/s1. The molecule has 0 bridgehead atoms. The molecule has 0 saturated carbocycles. The van der Waals surface area contributed by atoms with Gasteiger partial charge >= 0.3 is 0 Å². The van der Waals surface area contributed by atoms with Crippen molar-refractivity contribution in [2.24, 2.45) is 10.9 Å². The molecule has 3 heteroatoms. The molecule has 1 aliphatic heterocycles. The number of allylic oxidation sites excluding steroid dienone is 3. The van der Waals surface area contributed by atoms with Gasteiger partial charge < -0.3 is 0 Å². The molecule has 1 rings (SSSR count). The van der Waals surface area contributed by atoms with Crippen molar-refractivity contribution >= 4 is 39.9 Å². The van der Waals surface area contributed by atoms with Crippen molar-refractivity contribution in [3.05, 3.63) is 21.8 Å². The number of hydrogen-bond donors (Lipinski definition) is 0. The van der Waals surface area contributed by atoms with E-state index in [-0.39, 0.29) is 0 Å². The van der Waals surface area contributed by atoms with E-state index >= 15 is 0 Å². The predicted molar refractivity (Wildman–Crippen MR) is 89.3 cm³/mol. The average molecular weight is 363 g/mol. The second kappa shape index (κ2) is 8.35. The molecule has 0 aromatic carbocycles. The molecule has 0 aromatic rings. The molecule has 1 aliphatic rings. The normalized spacial score (nSPS) is 26.9. The van der Waals surface area contributed by atoms with E-state index in [1.807, 2.05) is 17.3 Å². The monoisotopic (exact) mass is 363 g/mol. The minimum atomic E-state index is 0.477. The maximum absolute atomic E-state index is 4.39. The fourth-order valence-corrected chi connectivity index (χ4v) is 3.68. The van der Waals surface area contributed by atoms with Crippen LogP contribution in [0.1, 0.15) is 40.0 Å². The Morgan fingerprint density at radius 1 is 1.59 bits per heavy atom. The maximum atomic E-state index is 4.39. The first-order valence-electron chi connectivity index (χ1n) is 6.33. The van der Waals surface area contributed by atoms with Crippen LogP contribution < -0.4 is 0 Å². The Kier molecular flexibility index (Phi) is 7.51. The summed E-state index contributed by atoms with van der Waals surface area (Å²) in [4.78, 5) is 4.39. The molecule has 0 aliphatic carbocycles. The number of rotatable bonds is 6. The van der Waals surface area contributed by atoms with Gasteiger partial charge in [0.1, 0.15) is 0 Å². The Morgan fingerprint density at radius 3 is 2.88 bits per heavy atom. The molecular weight excluding hydrogens is 341 g/mol. The van der Waals surface area contributed by atoms with Crippen LogP contribution in [0.4, 0.5) is 0 Å². The van der Waals surface area contributed by atoms with Crippen LogP contribution in [0.2, 0.25) is 0 Å². The summed E-state index contributed by atoms with van der Waals surface area (Å²) in [6.07, 6.45) is 8.28. The number of nitrogens with zero attached hydrogens (tertiary/aromatic N) is 1. The van der Waals surface area contributed by atoms with Crippen LogP contribution in [-0.2, 0) is 0 Å². The largest absolute Gasteiger partial charge is 0.282 e. The highest BCUT2D eigenvalue weighted by Gasteiger charge is 2.18. The smallest absolute Gasteiger partial charge is 0.0603 e. The van der Waals surface area contributed by atoms with E-state index in [1.165, 1.54) is 18.4 Å². The van der Waals surface area contributed by atoms with E-state index < -0.39 is 0 Å². The van der Waals surface area contributed by atoms with Gasteiger partial charge in [-0.1, -0.05) is 55.0 Å². The third-order valence-electron chi connectivity index (χ3n) is 3.17. The van der Waals surface area contributed by atoms with E-state index in [9.17, 15) is 0 Å². The van der Waals surface area contributed by atoms with Crippen LogP contribution in [0.5, 0.6) is 0 Å². The average Bonchev–Trinajstić information content (AvgIpc) is 2.71. The van der Waals surface area contributed by atoms with Gasteiger partial charge in [-0.25, -0.2) is 0 Å².